The first-order valence-corrected chi connectivity index (χ1v) is 7.90. The zero-order chi connectivity index (χ0) is 13.4. The lowest BCUT2D eigenvalue weighted by Crippen LogP contribution is -2.42. The van der Waals surface area contributed by atoms with Gasteiger partial charge in [-0.2, -0.15) is 0 Å². The Kier molecular flexibility index (Phi) is 7.10. The molecule has 18 heavy (non-hydrogen) atoms. The van der Waals surface area contributed by atoms with E-state index < -0.39 is 10.0 Å². The summed E-state index contributed by atoms with van der Waals surface area (Å²) in [6.07, 6.45) is 2.00. The molecule has 0 aromatic heterocycles. The van der Waals surface area contributed by atoms with Gasteiger partial charge >= 0.3 is 0 Å². The Hall–Kier alpha value is -0.210. The third-order valence-corrected chi connectivity index (χ3v) is 4.95. The third kappa shape index (κ3) is 5.19. The van der Waals surface area contributed by atoms with E-state index in [9.17, 15) is 8.42 Å². The first-order valence-electron chi connectivity index (χ1n) is 6.29. The van der Waals surface area contributed by atoms with Crippen LogP contribution in [0.25, 0.3) is 0 Å². The number of sulfonamides is 1. The molecule has 1 saturated heterocycles. The summed E-state index contributed by atoms with van der Waals surface area (Å²) in [4.78, 5) is 0. The lowest BCUT2D eigenvalue weighted by Gasteiger charge is -2.31. The van der Waals surface area contributed by atoms with Crippen molar-refractivity contribution in [1.82, 2.24) is 4.31 Å². The van der Waals surface area contributed by atoms with Gasteiger partial charge in [0.05, 0.1) is 25.1 Å². The summed E-state index contributed by atoms with van der Waals surface area (Å²) < 4.78 is 35.7. The van der Waals surface area contributed by atoms with Gasteiger partial charge in [-0.25, -0.2) is 12.7 Å². The monoisotopic (exact) mass is 281 g/mol. The van der Waals surface area contributed by atoms with E-state index in [2.05, 4.69) is 0 Å². The second-order valence-corrected chi connectivity index (χ2v) is 6.44. The van der Waals surface area contributed by atoms with Crippen LogP contribution in [0.4, 0.5) is 0 Å². The molecule has 6 nitrogen and oxygen atoms in total. The average Bonchev–Trinajstić information content (AvgIpc) is 2.37. The van der Waals surface area contributed by atoms with Crippen molar-refractivity contribution in [2.75, 3.05) is 45.8 Å². The second kappa shape index (κ2) is 8.06. The summed E-state index contributed by atoms with van der Waals surface area (Å²) >= 11 is 0. The van der Waals surface area contributed by atoms with Crippen molar-refractivity contribution in [3.8, 4) is 0 Å². The number of rotatable bonds is 8. The molecule has 1 rings (SSSR count). The van der Waals surface area contributed by atoms with Crippen molar-refractivity contribution in [3.63, 3.8) is 0 Å². The molecule has 0 atom stereocenters. The zero-order valence-electron chi connectivity index (χ0n) is 10.9. The predicted octanol–water partition coefficient (Wildman–Crippen LogP) is -0.174. The Morgan fingerprint density at radius 3 is 2.50 bits per heavy atom. The maximum Gasteiger partial charge on any atom is 0.214 e. The van der Waals surface area contributed by atoms with Crippen LogP contribution in [0.2, 0.25) is 0 Å². The van der Waals surface area contributed by atoms with Gasteiger partial charge in [0.15, 0.2) is 0 Å². The highest BCUT2D eigenvalue weighted by Crippen LogP contribution is 2.17. The molecular formula is C11H23NO5S. The first kappa shape index (κ1) is 15.8. The van der Waals surface area contributed by atoms with Gasteiger partial charge < -0.3 is 14.6 Å². The Bertz CT molecular complexity index is 311. The van der Waals surface area contributed by atoms with E-state index in [0.29, 0.717) is 45.6 Å². The fraction of sp³-hybridized carbons (Fsp3) is 1.00. The third-order valence-electron chi connectivity index (χ3n) is 2.99. The van der Waals surface area contributed by atoms with Crippen LogP contribution >= 0.6 is 0 Å². The highest BCUT2D eigenvalue weighted by Gasteiger charge is 2.27. The SMILES string of the molecule is COCCCS(=O)(=O)N1CCC(OCCO)CC1. The minimum Gasteiger partial charge on any atom is -0.394 e. The van der Waals surface area contributed by atoms with Crippen LogP contribution in [0.3, 0.4) is 0 Å². The molecule has 0 aromatic carbocycles. The predicted molar refractivity (Wildman–Crippen MR) is 67.9 cm³/mol. The lowest BCUT2D eigenvalue weighted by atomic mass is 10.1. The van der Waals surface area contributed by atoms with Crippen LogP contribution in [0, 0.1) is 0 Å². The van der Waals surface area contributed by atoms with E-state index in [1.807, 2.05) is 0 Å². The number of ether oxygens (including phenoxy) is 2. The number of hydrogen-bond acceptors (Lipinski definition) is 5. The lowest BCUT2D eigenvalue weighted by molar-refractivity contribution is 0.00317. The van der Waals surface area contributed by atoms with Crippen molar-refractivity contribution >= 4 is 10.0 Å². The van der Waals surface area contributed by atoms with Crippen LogP contribution in [0.5, 0.6) is 0 Å². The van der Waals surface area contributed by atoms with Crippen LogP contribution in [0.1, 0.15) is 19.3 Å². The van der Waals surface area contributed by atoms with Gasteiger partial charge in [-0.15, -0.1) is 0 Å². The van der Waals surface area contributed by atoms with Gasteiger partial charge in [-0.05, 0) is 19.3 Å². The topological polar surface area (TPSA) is 76.1 Å². The van der Waals surface area contributed by atoms with Crippen molar-refractivity contribution in [1.29, 1.82) is 0 Å². The Labute approximate surface area is 109 Å². The quantitative estimate of drug-likeness (QED) is 0.625. The number of aliphatic hydroxyl groups excluding tert-OH is 1. The summed E-state index contributed by atoms with van der Waals surface area (Å²) in [6, 6.07) is 0. The van der Waals surface area contributed by atoms with Crippen LogP contribution in [0.15, 0.2) is 0 Å². The maximum atomic E-state index is 12.0. The van der Waals surface area contributed by atoms with Gasteiger partial charge in [0.2, 0.25) is 10.0 Å². The van der Waals surface area contributed by atoms with E-state index in [1.165, 1.54) is 4.31 Å². The summed E-state index contributed by atoms with van der Waals surface area (Å²) in [5, 5.41) is 8.66. The molecular weight excluding hydrogens is 258 g/mol. The molecule has 1 aliphatic rings. The average molecular weight is 281 g/mol. The van der Waals surface area contributed by atoms with Gasteiger partial charge in [0.25, 0.3) is 0 Å². The minimum atomic E-state index is -3.15. The number of nitrogens with zero attached hydrogens (tertiary/aromatic N) is 1. The largest absolute Gasteiger partial charge is 0.394 e. The zero-order valence-corrected chi connectivity index (χ0v) is 11.7. The number of piperidine rings is 1. The van der Waals surface area contributed by atoms with Crippen molar-refractivity contribution < 1.29 is 23.0 Å². The molecule has 1 N–H and O–H groups in total. The molecule has 7 heteroatoms. The van der Waals surface area contributed by atoms with Gasteiger partial charge in [-0.3, -0.25) is 0 Å². The van der Waals surface area contributed by atoms with Crippen molar-refractivity contribution in [2.24, 2.45) is 0 Å². The summed E-state index contributed by atoms with van der Waals surface area (Å²) in [7, 11) is -1.59. The molecule has 0 amide bonds. The van der Waals surface area contributed by atoms with E-state index in [-0.39, 0.29) is 18.5 Å². The molecule has 0 spiro atoms. The minimum absolute atomic E-state index is 0.00946. The van der Waals surface area contributed by atoms with E-state index >= 15 is 0 Å². The smallest absolute Gasteiger partial charge is 0.214 e. The molecule has 0 bridgehead atoms. The number of methoxy groups -OCH3 is 1. The molecule has 0 aromatic rings. The normalized spacial score (nSPS) is 19.2. The van der Waals surface area contributed by atoms with Crippen molar-refractivity contribution in [2.45, 2.75) is 25.4 Å². The molecule has 0 saturated carbocycles. The first-order chi connectivity index (χ1) is 8.60. The highest BCUT2D eigenvalue weighted by molar-refractivity contribution is 7.89. The molecule has 0 radical (unpaired) electrons. The van der Waals surface area contributed by atoms with E-state index in [4.69, 9.17) is 14.6 Å². The van der Waals surface area contributed by atoms with Crippen LogP contribution in [-0.2, 0) is 19.5 Å². The summed E-state index contributed by atoms with van der Waals surface area (Å²) in [5.74, 6) is 0.142. The number of hydrogen-bond donors (Lipinski definition) is 1. The second-order valence-electron chi connectivity index (χ2n) is 4.36. The molecule has 1 fully saturated rings. The fourth-order valence-electron chi connectivity index (χ4n) is 2.01. The van der Waals surface area contributed by atoms with Crippen molar-refractivity contribution in [3.05, 3.63) is 0 Å². The summed E-state index contributed by atoms with van der Waals surface area (Å²) in [6.45, 7) is 1.81. The molecule has 108 valence electrons. The number of aliphatic hydroxyl groups is 1. The van der Waals surface area contributed by atoms with E-state index in [1.54, 1.807) is 7.11 Å². The van der Waals surface area contributed by atoms with E-state index in [0.717, 1.165) is 0 Å². The van der Waals surface area contributed by atoms with Crippen LogP contribution < -0.4 is 0 Å². The fourth-order valence-corrected chi connectivity index (χ4v) is 3.52. The Morgan fingerprint density at radius 1 is 1.28 bits per heavy atom. The molecule has 0 aliphatic carbocycles. The Balaban J connectivity index is 2.32. The standard InChI is InChI=1S/C11H23NO5S/c1-16-8-2-10-18(14,15)12-5-3-11(4-6-12)17-9-7-13/h11,13H,2-10H2,1H3. The maximum absolute atomic E-state index is 12.0. The molecule has 1 heterocycles. The molecule has 0 unspecified atom stereocenters. The highest BCUT2D eigenvalue weighted by atomic mass is 32.2. The summed E-state index contributed by atoms with van der Waals surface area (Å²) in [5.41, 5.74) is 0. The van der Waals surface area contributed by atoms with Gasteiger partial charge in [0, 0.05) is 26.8 Å². The van der Waals surface area contributed by atoms with Gasteiger partial charge in [0.1, 0.15) is 0 Å². The Morgan fingerprint density at radius 2 is 1.94 bits per heavy atom. The van der Waals surface area contributed by atoms with Crippen LogP contribution in [-0.4, -0.2) is 69.7 Å². The molecule has 1 aliphatic heterocycles. The van der Waals surface area contributed by atoms with Gasteiger partial charge in [-0.1, -0.05) is 0 Å².